The Labute approximate surface area is 178 Å². The minimum Gasteiger partial charge on any atom is -0.497 e. The quantitative estimate of drug-likeness (QED) is 0.583. The van der Waals surface area contributed by atoms with Gasteiger partial charge in [0.15, 0.2) is 6.61 Å². The third-order valence-corrected chi connectivity index (χ3v) is 4.78. The van der Waals surface area contributed by atoms with Gasteiger partial charge in [0.2, 0.25) is 0 Å². The molecule has 0 unspecified atom stereocenters. The maximum absolute atomic E-state index is 12.8. The molecule has 0 bridgehead atoms. The zero-order valence-corrected chi connectivity index (χ0v) is 17.7. The predicted octanol–water partition coefficient (Wildman–Crippen LogP) is 2.30. The molecule has 9 nitrogen and oxygen atoms in total. The van der Waals surface area contributed by atoms with E-state index in [4.69, 9.17) is 14.2 Å². The van der Waals surface area contributed by atoms with Gasteiger partial charge in [-0.15, -0.1) is 0 Å². The number of hydrogen-bond acceptors (Lipinski definition) is 6. The van der Waals surface area contributed by atoms with Crippen molar-refractivity contribution in [2.24, 2.45) is 7.05 Å². The first kappa shape index (κ1) is 21.7. The molecular formula is C22H23N3O6. The highest BCUT2D eigenvalue weighted by Crippen LogP contribution is 2.25. The molecular weight excluding hydrogens is 402 g/mol. The Hall–Kier alpha value is -4.01. The molecule has 1 amide bonds. The first-order valence-electron chi connectivity index (χ1n) is 9.40. The van der Waals surface area contributed by atoms with Crippen LogP contribution < -0.4 is 20.3 Å². The number of carbonyl (C=O) groups excluding carboxylic acids is 2. The zero-order chi connectivity index (χ0) is 22.5. The molecule has 2 aromatic carbocycles. The van der Waals surface area contributed by atoms with E-state index >= 15 is 0 Å². The number of nitrogens with zero attached hydrogens (tertiary/aromatic N) is 2. The molecule has 9 heteroatoms. The Bertz CT molecular complexity index is 1160. The second-order valence-corrected chi connectivity index (χ2v) is 6.63. The lowest BCUT2D eigenvalue weighted by Gasteiger charge is -2.10. The highest BCUT2D eigenvalue weighted by atomic mass is 16.5. The molecule has 0 saturated carbocycles. The topological polar surface area (TPSA) is 101 Å². The molecule has 3 rings (SSSR count). The van der Waals surface area contributed by atoms with Crippen LogP contribution in [0.4, 0.5) is 5.69 Å². The third kappa shape index (κ3) is 4.45. The van der Waals surface area contributed by atoms with Crippen LogP contribution in [0.25, 0.3) is 5.69 Å². The molecule has 0 saturated heterocycles. The van der Waals surface area contributed by atoms with E-state index in [1.54, 1.807) is 36.9 Å². The van der Waals surface area contributed by atoms with Gasteiger partial charge < -0.3 is 19.5 Å². The number of rotatable bonds is 7. The number of esters is 1. The third-order valence-electron chi connectivity index (χ3n) is 4.78. The molecule has 0 aliphatic rings. The van der Waals surface area contributed by atoms with Crippen molar-refractivity contribution in [3.8, 4) is 17.2 Å². The fourth-order valence-electron chi connectivity index (χ4n) is 3.06. The molecule has 1 aromatic heterocycles. The standard InChI is InChI=1S/C22H23N3O6/c1-14-20(21(27)25(24(14)2)15-8-6-5-7-9-15)23-19(26)13-31-22(28)17-11-10-16(29-3)12-18(17)30-4/h5-12H,13H2,1-4H3,(H,23,26). The number of benzene rings is 2. The summed E-state index contributed by atoms with van der Waals surface area (Å²) in [5.74, 6) is -0.595. The molecule has 31 heavy (non-hydrogen) atoms. The van der Waals surface area contributed by atoms with Gasteiger partial charge in [-0.25, -0.2) is 9.48 Å². The van der Waals surface area contributed by atoms with Crippen LogP contribution in [0.2, 0.25) is 0 Å². The van der Waals surface area contributed by atoms with Crippen molar-refractivity contribution in [1.29, 1.82) is 0 Å². The second-order valence-electron chi connectivity index (χ2n) is 6.63. The first-order valence-corrected chi connectivity index (χ1v) is 9.40. The summed E-state index contributed by atoms with van der Waals surface area (Å²) in [4.78, 5) is 37.6. The fourth-order valence-corrected chi connectivity index (χ4v) is 3.06. The van der Waals surface area contributed by atoms with Crippen molar-refractivity contribution >= 4 is 17.6 Å². The summed E-state index contributed by atoms with van der Waals surface area (Å²) in [6, 6.07) is 13.7. The number of carbonyl (C=O) groups is 2. The zero-order valence-electron chi connectivity index (χ0n) is 17.7. The van der Waals surface area contributed by atoms with Gasteiger partial charge in [-0.3, -0.25) is 14.3 Å². The van der Waals surface area contributed by atoms with Crippen LogP contribution in [0.5, 0.6) is 11.5 Å². The highest BCUT2D eigenvalue weighted by Gasteiger charge is 2.20. The smallest absolute Gasteiger partial charge is 0.342 e. The number of hydrogen-bond donors (Lipinski definition) is 1. The van der Waals surface area contributed by atoms with E-state index in [9.17, 15) is 14.4 Å². The molecule has 162 valence electrons. The average Bonchev–Trinajstić information content (AvgIpc) is 3.00. The normalized spacial score (nSPS) is 10.5. The molecule has 3 aromatic rings. The van der Waals surface area contributed by atoms with Crippen LogP contribution in [0, 0.1) is 6.92 Å². The maximum Gasteiger partial charge on any atom is 0.342 e. The Kier molecular flexibility index (Phi) is 6.44. The predicted molar refractivity (Wildman–Crippen MR) is 114 cm³/mol. The number of amides is 1. The van der Waals surface area contributed by atoms with Gasteiger partial charge in [0.1, 0.15) is 22.7 Å². The molecule has 1 N–H and O–H groups in total. The van der Waals surface area contributed by atoms with Crippen molar-refractivity contribution in [1.82, 2.24) is 9.36 Å². The van der Waals surface area contributed by atoms with E-state index in [1.807, 2.05) is 18.2 Å². The van der Waals surface area contributed by atoms with Gasteiger partial charge in [-0.1, -0.05) is 18.2 Å². The van der Waals surface area contributed by atoms with Crippen LogP contribution in [-0.4, -0.2) is 42.1 Å². The number of nitrogens with one attached hydrogen (secondary N) is 1. The number of aromatic nitrogens is 2. The Morgan fingerprint density at radius 2 is 1.74 bits per heavy atom. The van der Waals surface area contributed by atoms with Crippen LogP contribution in [0.3, 0.4) is 0 Å². The number of methoxy groups -OCH3 is 2. The van der Waals surface area contributed by atoms with Crippen LogP contribution in [-0.2, 0) is 16.6 Å². The summed E-state index contributed by atoms with van der Waals surface area (Å²) < 4.78 is 18.4. The van der Waals surface area contributed by atoms with Crippen molar-refractivity contribution in [3.63, 3.8) is 0 Å². The number of anilines is 1. The molecule has 0 spiro atoms. The van der Waals surface area contributed by atoms with E-state index in [2.05, 4.69) is 5.32 Å². The highest BCUT2D eigenvalue weighted by molar-refractivity contribution is 5.97. The molecule has 0 aliphatic carbocycles. The van der Waals surface area contributed by atoms with Gasteiger partial charge in [-0.2, -0.15) is 0 Å². The lowest BCUT2D eigenvalue weighted by Crippen LogP contribution is -2.26. The molecule has 0 fully saturated rings. The van der Waals surface area contributed by atoms with Gasteiger partial charge in [0.05, 0.1) is 25.6 Å². The monoisotopic (exact) mass is 425 g/mol. The van der Waals surface area contributed by atoms with Gasteiger partial charge in [-0.05, 0) is 31.2 Å². The number of ether oxygens (including phenoxy) is 3. The second kappa shape index (κ2) is 9.21. The van der Waals surface area contributed by atoms with E-state index in [1.165, 1.54) is 31.0 Å². The summed E-state index contributed by atoms with van der Waals surface area (Å²) in [6.45, 7) is 1.15. The summed E-state index contributed by atoms with van der Waals surface area (Å²) in [5, 5.41) is 2.54. The minimum absolute atomic E-state index is 0.120. The summed E-state index contributed by atoms with van der Waals surface area (Å²) in [7, 11) is 4.62. The van der Waals surface area contributed by atoms with E-state index in [0.29, 0.717) is 17.1 Å². The van der Waals surface area contributed by atoms with Gasteiger partial charge in [0, 0.05) is 13.1 Å². The minimum atomic E-state index is -0.735. The SMILES string of the molecule is COc1ccc(C(=O)OCC(=O)Nc2c(C)n(C)n(-c3ccccc3)c2=O)c(OC)c1. The summed E-state index contributed by atoms with van der Waals surface area (Å²) in [6.07, 6.45) is 0. The fraction of sp³-hybridized carbons (Fsp3) is 0.227. The van der Waals surface area contributed by atoms with E-state index < -0.39 is 18.5 Å². The van der Waals surface area contributed by atoms with E-state index in [0.717, 1.165) is 0 Å². The van der Waals surface area contributed by atoms with Crippen LogP contribution in [0.15, 0.2) is 53.3 Å². The van der Waals surface area contributed by atoms with Gasteiger partial charge in [0.25, 0.3) is 11.5 Å². The molecule has 0 aliphatic heterocycles. The maximum atomic E-state index is 12.8. The molecule has 0 radical (unpaired) electrons. The van der Waals surface area contributed by atoms with Crippen LogP contribution in [0.1, 0.15) is 16.1 Å². The number of para-hydroxylation sites is 1. The van der Waals surface area contributed by atoms with Crippen molar-refractivity contribution in [2.75, 3.05) is 26.1 Å². The van der Waals surface area contributed by atoms with Gasteiger partial charge >= 0.3 is 5.97 Å². The molecule has 1 heterocycles. The van der Waals surface area contributed by atoms with Crippen molar-refractivity contribution in [3.05, 3.63) is 70.1 Å². The summed E-state index contributed by atoms with van der Waals surface area (Å²) >= 11 is 0. The van der Waals surface area contributed by atoms with Crippen molar-refractivity contribution < 1.29 is 23.8 Å². The average molecular weight is 425 g/mol. The first-order chi connectivity index (χ1) is 14.9. The lowest BCUT2D eigenvalue weighted by molar-refractivity contribution is -0.119. The molecule has 0 atom stereocenters. The van der Waals surface area contributed by atoms with Crippen molar-refractivity contribution in [2.45, 2.75) is 6.92 Å². The summed E-state index contributed by atoms with van der Waals surface area (Å²) in [5.41, 5.74) is 1.11. The van der Waals surface area contributed by atoms with E-state index in [-0.39, 0.29) is 22.6 Å². The lowest BCUT2D eigenvalue weighted by atomic mass is 10.2. The van der Waals surface area contributed by atoms with Crippen LogP contribution >= 0.6 is 0 Å². The Morgan fingerprint density at radius 1 is 1.03 bits per heavy atom. The largest absolute Gasteiger partial charge is 0.497 e. The Morgan fingerprint density at radius 3 is 2.39 bits per heavy atom. The Balaban J connectivity index is 1.72.